The number of thioether (sulfide) groups is 1. The predicted octanol–water partition coefficient (Wildman–Crippen LogP) is 3.89. The molecule has 0 saturated carbocycles. The second kappa shape index (κ2) is 8.82. The van der Waals surface area contributed by atoms with Crippen molar-refractivity contribution in [3.05, 3.63) is 65.7 Å². The fourth-order valence-corrected chi connectivity index (χ4v) is 3.32. The summed E-state index contributed by atoms with van der Waals surface area (Å²) < 4.78 is 34.7. The molecule has 0 heterocycles. The number of ether oxygens (including phenoxy) is 1. The van der Waals surface area contributed by atoms with E-state index in [9.17, 15) is 8.42 Å². The van der Waals surface area contributed by atoms with Crippen LogP contribution in [0.4, 0.5) is 0 Å². The smallest absolute Gasteiger partial charge is 0.284 e. The van der Waals surface area contributed by atoms with Gasteiger partial charge >= 0.3 is 0 Å². The Morgan fingerprint density at radius 2 is 1.72 bits per heavy atom. The van der Waals surface area contributed by atoms with Crippen molar-refractivity contribution in [1.29, 1.82) is 0 Å². The lowest BCUT2D eigenvalue weighted by Crippen LogP contribution is -2.09. The third-order valence-corrected chi connectivity index (χ3v) is 5.04. The zero-order valence-electron chi connectivity index (χ0n) is 14.3. The van der Waals surface area contributed by atoms with Gasteiger partial charge in [-0.05, 0) is 32.2 Å². The molecule has 0 radical (unpaired) electrons. The standard InChI is InChI=1S/C18H20N2O3S2/c1-4-23-18(24-3)19-17(15-8-6-5-7-9-15)20-25(21,22)16-12-10-14(2)11-13-16/h5-13H,4H2,1-3H3/b19-18?,20-17-. The van der Waals surface area contributed by atoms with Crippen molar-refractivity contribution < 1.29 is 13.2 Å². The van der Waals surface area contributed by atoms with E-state index in [-0.39, 0.29) is 10.7 Å². The molecule has 0 spiro atoms. The Morgan fingerprint density at radius 3 is 2.28 bits per heavy atom. The number of aryl methyl sites for hydroxylation is 1. The minimum Gasteiger partial charge on any atom is -0.473 e. The molecule has 0 unspecified atom stereocenters. The van der Waals surface area contributed by atoms with E-state index in [1.807, 2.05) is 26.2 Å². The molecule has 2 rings (SSSR count). The highest BCUT2D eigenvalue weighted by molar-refractivity contribution is 8.13. The summed E-state index contributed by atoms with van der Waals surface area (Å²) in [4.78, 5) is 4.44. The van der Waals surface area contributed by atoms with Crippen LogP contribution in [-0.4, -0.2) is 32.3 Å². The molecule has 0 aromatic heterocycles. The summed E-state index contributed by atoms with van der Waals surface area (Å²) in [6.07, 6.45) is 1.81. The molecule has 7 heteroatoms. The van der Waals surface area contributed by atoms with Crippen LogP contribution >= 0.6 is 11.8 Å². The second-order valence-corrected chi connectivity index (χ2v) is 7.45. The molecule has 0 aliphatic rings. The summed E-state index contributed by atoms with van der Waals surface area (Å²) >= 11 is 1.29. The van der Waals surface area contributed by atoms with Gasteiger partial charge in [0.2, 0.25) is 0 Å². The van der Waals surface area contributed by atoms with Gasteiger partial charge in [-0.2, -0.15) is 13.4 Å². The highest BCUT2D eigenvalue weighted by atomic mass is 32.2. The first-order chi connectivity index (χ1) is 12.0. The van der Waals surface area contributed by atoms with Gasteiger partial charge in [-0.1, -0.05) is 59.8 Å². The maximum Gasteiger partial charge on any atom is 0.284 e. The minimum absolute atomic E-state index is 0.0963. The van der Waals surface area contributed by atoms with E-state index in [4.69, 9.17) is 4.74 Å². The molecule has 2 aromatic carbocycles. The van der Waals surface area contributed by atoms with Gasteiger partial charge in [0.1, 0.15) is 0 Å². The third kappa shape index (κ3) is 5.44. The summed E-state index contributed by atoms with van der Waals surface area (Å²) in [5.41, 5.74) is 1.58. The molecule has 0 aliphatic carbocycles. The Kier molecular flexibility index (Phi) is 6.78. The maximum absolute atomic E-state index is 12.7. The van der Waals surface area contributed by atoms with Crippen LogP contribution in [-0.2, 0) is 14.8 Å². The van der Waals surface area contributed by atoms with E-state index in [1.54, 1.807) is 48.5 Å². The number of nitrogens with zero attached hydrogens (tertiary/aromatic N) is 2. The van der Waals surface area contributed by atoms with Crippen molar-refractivity contribution in [1.82, 2.24) is 0 Å². The number of benzene rings is 2. The van der Waals surface area contributed by atoms with Gasteiger partial charge < -0.3 is 4.74 Å². The molecule has 0 amide bonds. The summed E-state index contributed by atoms with van der Waals surface area (Å²) in [7, 11) is -3.88. The maximum atomic E-state index is 12.7. The molecular formula is C18H20N2O3S2. The van der Waals surface area contributed by atoms with Crippen molar-refractivity contribution in [2.24, 2.45) is 9.39 Å². The van der Waals surface area contributed by atoms with Crippen molar-refractivity contribution in [2.75, 3.05) is 12.9 Å². The minimum atomic E-state index is -3.88. The van der Waals surface area contributed by atoms with Gasteiger partial charge in [-0.15, -0.1) is 4.40 Å². The Labute approximate surface area is 152 Å². The normalized spacial score (nSPS) is 12.9. The van der Waals surface area contributed by atoms with Gasteiger partial charge in [0, 0.05) is 5.56 Å². The van der Waals surface area contributed by atoms with E-state index in [1.165, 1.54) is 11.8 Å². The first kappa shape index (κ1) is 19.2. The molecule has 0 bridgehead atoms. The average Bonchev–Trinajstić information content (AvgIpc) is 2.61. The van der Waals surface area contributed by atoms with E-state index in [2.05, 4.69) is 9.39 Å². The summed E-state index contributed by atoms with van der Waals surface area (Å²) in [6, 6.07) is 15.5. The van der Waals surface area contributed by atoms with E-state index in [0.717, 1.165) is 5.56 Å². The molecule has 0 aliphatic heterocycles. The molecular weight excluding hydrogens is 356 g/mol. The molecule has 2 aromatic rings. The van der Waals surface area contributed by atoms with Crippen LogP contribution in [0.3, 0.4) is 0 Å². The Hall–Kier alpha value is -2.12. The van der Waals surface area contributed by atoms with Gasteiger partial charge in [0.05, 0.1) is 11.5 Å². The monoisotopic (exact) mass is 376 g/mol. The van der Waals surface area contributed by atoms with Crippen molar-refractivity contribution >= 4 is 32.9 Å². The summed E-state index contributed by atoms with van der Waals surface area (Å²) in [6.45, 7) is 4.17. The number of sulfonamides is 1. The zero-order valence-corrected chi connectivity index (χ0v) is 16.0. The molecule has 0 saturated heterocycles. The largest absolute Gasteiger partial charge is 0.473 e. The second-order valence-electron chi connectivity index (χ2n) is 5.08. The quantitative estimate of drug-likeness (QED) is 0.600. The topological polar surface area (TPSA) is 68.1 Å². The highest BCUT2D eigenvalue weighted by Crippen LogP contribution is 2.16. The molecule has 0 fully saturated rings. The van der Waals surface area contributed by atoms with Crippen molar-refractivity contribution in [3.63, 3.8) is 0 Å². The molecule has 0 N–H and O–H groups in total. The van der Waals surface area contributed by atoms with Crippen LogP contribution in [0.5, 0.6) is 0 Å². The van der Waals surface area contributed by atoms with E-state index in [0.29, 0.717) is 17.4 Å². The van der Waals surface area contributed by atoms with Gasteiger partial charge in [-0.3, -0.25) is 0 Å². The van der Waals surface area contributed by atoms with Crippen LogP contribution in [0.1, 0.15) is 18.1 Å². The van der Waals surface area contributed by atoms with Crippen LogP contribution in [0.15, 0.2) is 68.9 Å². The number of amidine groups is 1. The van der Waals surface area contributed by atoms with E-state index >= 15 is 0 Å². The third-order valence-electron chi connectivity index (χ3n) is 3.20. The van der Waals surface area contributed by atoms with Gasteiger partial charge in [0.15, 0.2) is 5.84 Å². The Morgan fingerprint density at radius 1 is 1.08 bits per heavy atom. The fourth-order valence-electron chi connectivity index (χ4n) is 1.95. The first-order valence-corrected chi connectivity index (χ1v) is 10.3. The lowest BCUT2D eigenvalue weighted by Gasteiger charge is -2.07. The number of rotatable bonds is 4. The SMILES string of the molecule is CCOC(=N/C(=N\S(=O)(=O)c1ccc(C)cc1)c1ccccc1)SC. The average molecular weight is 377 g/mol. The number of hydrogen-bond acceptors (Lipinski definition) is 4. The number of hydrogen-bond donors (Lipinski definition) is 0. The summed E-state index contributed by atoms with van der Waals surface area (Å²) in [5, 5.41) is 0.365. The first-order valence-electron chi connectivity index (χ1n) is 7.69. The molecule has 132 valence electrons. The Bertz CT molecular complexity index is 859. The molecule has 5 nitrogen and oxygen atoms in total. The highest BCUT2D eigenvalue weighted by Gasteiger charge is 2.16. The molecule has 25 heavy (non-hydrogen) atoms. The van der Waals surface area contributed by atoms with E-state index < -0.39 is 10.0 Å². The van der Waals surface area contributed by atoms with Crippen LogP contribution in [0.25, 0.3) is 0 Å². The van der Waals surface area contributed by atoms with Crippen LogP contribution < -0.4 is 0 Å². The number of aliphatic imine (C=N–C) groups is 1. The predicted molar refractivity (Wildman–Crippen MR) is 104 cm³/mol. The van der Waals surface area contributed by atoms with Crippen LogP contribution in [0.2, 0.25) is 0 Å². The van der Waals surface area contributed by atoms with Crippen LogP contribution in [0, 0.1) is 6.92 Å². The van der Waals surface area contributed by atoms with Gasteiger partial charge in [-0.25, -0.2) is 0 Å². The fraction of sp³-hybridized carbons (Fsp3) is 0.222. The van der Waals surface area contributed by atoms with Crippen molar-refractivity contribution in [3.8, 4) is 0 Å². The lowest BCUT2D eigenvalue weighted by molar-refractivity contribution is 0.338. The Balaban J connectivity index is 2.54. The summed E-state index contributed by atoms with van der Waals surface area (Å²) in [5.74, 6) is 0.0963. The van der Waals surface area contributed by atoms with Crippen molar-refractivity contribution in [2.45, 2.75) is 18.7 Å². The zero-order chi connectivity index (χ0) is 18.3. The van der Waals surface area contributed by atoms with Gasteiger partial charge in [0.25, 0.3) is 15.3 Å². The molecule has 0 atom stereocenters. The lowest BCUT2D eigenvalue weighted by atomic mass is 10.2.